The fourth-order valence-corrected chi connectivity index (χ4v) is 3.96. The Kier molecular flexibility index (Phi) is 5.60. The number of H-pyrrole nitrogens is 1. The topological polar surface area (TPSA) is 92.4 Å². The fraction of sp³-hybridized carbons (Fsp3) is 0.300. The zero-order valence-electron chi connectivity index (χ0n) is 16.2. The van der Waals surface area contributed by atoms with Crippen molar-refractivity contribution in [3.8, 4) is 11.4 Å². The second-order valence-corrected chi connectivity index (χ2v) is 7.73. The molecule has 0 saturated heterocycles. The largest absolute Gasteiger partial charge is 0.452 e. The lowest BCUT2D eigenvalue weighted by molar-refractivity contribution is -0.131. The van der Waals surface area contributed by atoms with Crippen molar-refractivity contribution in [1.29, 1.82) is 0 Å². The maximum absolute atomic E-state index is 12.5. The molecule has 28 heavy (non-hydrogen) atoms. The number of nitrogens with zero attached hydrogens (tertiary/aromatic N) is 2. The highest BCUT2D eigenvalue weighted by Crippen LogP contribution is 2.28. The van der Waals surface area contributed by atoms with Crippen LogP contribution in [0.3, 0.4) is 0 Å². The van der Waals surface area contributed by atoms with Gasteiger partial charge in [0.05, 0.1) is 10.9 Å². The highest BCUT2D eigenvalue weighted by molar-refractivity contribution is 7.18. The number of carbonyl (C=O) groups excluding carboxylic acids is 2. The molecular formula is C20H21N3O4S. The maximum Gasteiger partial charge on any atom is 0.338 e. The molecule has 0 fully saturated rings. The number of amides is 1. The van der Waals surface area contributed by atoms with Gasteiger partial charge in [-0.3, -0.25) is 9.59 Å². The van der Waals surface area contributed by atoms with Crippen molar-refractivity contribution < 1.29 is 14.3 Å². The normalized spacial score (nSPS) is 10.9. The average Bonchev–Trinajstić information content (AvgIpc) is 3.01. The van der Waals surface area contributed by atoms with Crippen molar-refractivity contribution in [1.82, 2.24) is 14.9 Å². The highest BCUT2D eigenvalue weighted by atomic mass is 32.1. The quantitative estimate of drug-likeness (QED) is 0.666. The average molecular weight is 399 g/mol. The Balaban J connectivity index is 1.84. The molecule has 0 bridgehead atoms. The lowest BCUT2D eigenvalue weighted by Crippen LogP contribution is -2.27. The Morgan fingerprint density at radius 2 is 1.89 bits per heavy atom. The van der Waals surface area contributed by atoms with Crippen LogP contribution >= 0.6 is 11.3 Å². The van der Waals surface area contributed by atoms with Gasteiger partial charge in [0.25, 0.3) is 11.5 Å². The molecule has 2 aromatic heterocycles. The number of hydrogen-bond acceptors (Lipinski definition) is 6. The molecule has 0 unspecified atom stereocenters. The van der Waals surface area contributed by atoms with Gasteiger partial charge in [-0.05, 0) is 31.0 Å². The van der Waals surface area contributed by atoms with Crippen LogP contribution in [0.1, 0.15) is 27.7 Å². The minimum absolute atomic E-state index is 0.160. The number of ether oxygens (including phenoxy) is 1. The van der Waals surface area contributed by atoms with E-state index in [-0.39, 0.29) is 18.1 Å². The lowest BCUT2D eigenvalue weighted by atomic mass is 10.1. The van der Waals surface area contributed by atoms with Crippen LogP contribution in [-0.2, 0) is 16.0 Å². The third-order valence-electron chi connectivity index (χ3n) is 4.44. The van der Waals surface area contributed by atoms with Crippen molar-refractivity contribution in [2.75, 3.05) is 20.7 Å². The number of rotatable bonds is 5. The summed E-state index contributed by atoms with van der Waals surface area (Å²) in [6.07, 6.45) is 0.781. The van der Waals surface area contributed by atoms with E-state index in [1.54, 1.807) is 38.4 Å². The molecule has 146 valence electrons. The number of carbonyl (C=O) groups is 2. The van der Waals surface area contributed by atoms with Crippen LogP contribution in [0.15, 0.2) is 29.1 Å². The van der Waals surface area contributed by atoms with Gasteiger partial charge in [0.1, 0.15) is 10.7 Å². The Bertz CT molecular complexity index is 1100. The molecule has 2 heterocycles. The first kappa shape index (κ1) is 19.8. The van der Waals surface area contributed by atoms with E-state index in [4.69, 9.17) is 4.74 Å². The van der Waals surface area contributed by atoms with Gasteiger partial charge >= 0.3 is 5.97 Å². The SMILES string of the molecule is CCc1c(C)sc2nc(-c3ccc(C(=O)OCC(=O)N(C)C)cc3)[nH]c(=O)c12. The van der Waals surface area contributed by atoms with E-state index in [0.717, 1.165) is 16.9 Å². The number of fused-ring (bicyclic) bond motifs is 1. The number of hydrogen-bond donors (Lipinski definition) is 1. The van der Waals surface area contributed by atoms with E-state index in [2.05, 4.69) is 9.97 Å². The standard InChI is InChI=1S/C20H21N3O4S/c1-5-14-11(2)28-19-16(14)18(25)21-17(22-19)12-6-8-13(9-7-12)20(26)27-10-15(24)23(3)4/h6-9H,5,10H2,1-4H3,(H,21,22,25). The molecule has 3 rings (SSSR count). The van der Waals surface area contributed by atoms with Crippen molar-refractivity contribution in [2.45, 2.75) is 20.3 Å². The molecule has 1 N–H and O–H groups in total. The minimum atomic E-state index is -0.583. The van der Waals surface area contributed by atoms with E-state index < -0.39 is 5.97 Å². The Morgan fingerprint density at radius 1 is 1.21 bits per heavy atom. The molecule has 1 amide bonds. The van der Waals surface area contributed by atoms with Crippen LogP contribution in [-0.4, -0.2) is 47.4 Å². The van der Waals surface area contributed by atoms with Crippen molar-refractivity contribution >= 4 is 33.4 Å². The van der Waals surface area contributed by atoms with Gasteiger partial charge in [-0.1, -0.05) is 19.1 Å². The first-order chi connectivity index (χ1) is 13.3. The zero-order valence-corrected chi connectivity index (χ0v) is 17.0. The molecule has 8 heteroatoms. The molecule has 7 nitrogen and oxygen atoms in total. The van der Waals surface area contributed by atoms with Crippen LogP contribution in [0.4, 0.5) is 0 Å². The summed E-state index contributed by atoms with van der Waals surface area (Å²) in [5, 5.41) is 0.652. The summed E-state index contributed by atoms with van der Waals surface area (Å²) in [4.78, 5) is 46.7. The Labute approximate surface area is 166 Å². The molecule has 0 aliphatic rings. The van der Waals surface area contributed by atoms with Gasteiger partial charge in [0.2, 0.25) is 0 Å². The molecule has 0 spiro atoms. The van der Waals surface area contributed by atoms with Gasteiger partial charge in [-0.25, -0.2) is 9.78 Å². The molecule has 0 atom stereocenters. The number of aromatic amines is 1. The van der Waals surface area contributed by atoms with Crippen molar-refractivity contribution in [3.05, 3.63) is 50.6 Å². The first-order valence-corrected chi connectivity index (χ1v) is 9.63. The molecule has 3 aromatic rings. The number of nitrogens with one attached hydrogen (secondary N) is 1. The summed E-state index contributed by atoms with van der Waals surface area (Å²) in [5.74, 6) is -0.429. The monoisotopic (exact) mass is 399 g/mol. The number of thiophene rings is 1. The second-order valence-electron chi connectivity index (χ2n) is 6.53. The van der Waals surface area contributed by atoms with Crippen molar-refractivity contribution in [2.24, 2.45) is 0 Å². The van der Waals surface area contributed by atoms with E-state index in [0.29, 0.717) is 27.2 Å². The number of aromatic nitrogens is 2. The Hall–Kier alpha value is -3.00. The summed E-state index contributed by atoms with van der Waals surface area (Å²) in [6, 6.07) is 6.55. The predicted molar refractivity (Wildman–Crippen MR) is 109 cm³/mol. The highest BCUT2D eigenvalue weighted by Gasteiger charge is 2.15. The van der Waals surface area contributed by atoms with Crippen LogP contribution < -0.4 is 5.56 Å². The zero-order chi connectivity index (χ0) is 20.4. The summed E-state index contributed by atoms with van der Waals surface area (Å²) in [7, 11) is 3.18. The Morgan fingerprint density at radius 3 is 2.50 bits per heavy atom. The van der Waals surface area contributed by atoms with E-state index in [1.165, 1.54) is 16.2 Å². The van der Waals surface area contributed by atoms with Gasteiger partial charge < -0.3 is 14.6 Å². The molecule has 0 radical (unpaired) electrons. The molecular weight excluding hydrogens is 378 g/mol. The third kappa shape index (κ3) is 3.82. The number of esters is 1. The molecule has 1 aromatic carbocycles. The number of likely N-dealkylation sites (N-methyl/N-ethyl adjacent to an activating group) is 1. The minimum Gasteiger partial charge on any atom is -0.452 e. The van der Waals surface area contributed by atoms with Crippen molar-refractivity contribution in [3.63, 3.8) is 0 Å². The van der Waals surface area contributed by atoms with E-state index in [9.17, 15) is 14.4 Å². The number of benzene rings is 1. The first-order valence-electron chi connectivity index (χ1n) is 8.81. The van der Waals surface area contributed by atoms with E-state index >= 15 is 0 Å². The van der Waals surface area contributed by atoms with E-state index in [1.807, 2.05) is 13.8 Å². The molecule has 0 aliphatic carbocycles. The van der Waals surface area contributed by atoms with Crippen LogP contribution in [0.5, 0.6) is 0 Å². The summed E-state index contributed by atoms with van der Waals surface area (Å²) < 4.78 is 5.00. The van der Waals surface area contributed by atoms with Crippen LogP contribution in [0, 0.1) is 6.92 Å². The third-order valence-corrected chi connectivity index (χ3v) is 5.48. The smallest absolute Gasteiger partial charge is 0.338 e. The number of aryl methyl sites for hydroxylation is 2. The second kappa shape index (κ2) is 7.93. The lowest BCUT2D eigenvalue weighted by Gasteiger charge is -2.10. The van der Waals surface area contributed by atoms with Crippen LogP contribution in [0.2, 0.25) is 0 Å². The summed E-state index contributed by atoms with van der Waals surface area (Å²) >= 11 is 1.50. The van der Waals surface area contributed by atoms with Gasteiger partial charge in [0, 0.05) is 24.5 Å². The van der Waals surface area contributed by atoms with Crippen LogP contribution in [0.25, 0.3) is 21.6 Å². The van der Waals surface area contributed by atoms with Gasteiger partial charge in [0.15, 0.2) is 6.61 Å². The summed E-state index contributed by atoms with van der Waals surface area (Å²) in [6.45, 7) is 3.70. The van der Waals surface area contributed by atoms with Gasteiger partial charge in [-0.15, -0.1) is 11.3 Å². The van der Waals surface area contributed by atoms with Gasteiger partial charge in [-0.2, -0.15) is 0 Å². The molecule has 0 saturated carbocycles. The molecule has 0 aliphatic heterocycles. The summed E-state index contributed by atoms with van der Waals surface area (Å²) in [5.41, 5.74) is 1.88. The predicted octanol–water partition coefficient (Wildman–Crippen LogP) is 2.77. The fourth-order valence-electron chi connectivity index (χ4n) is 2.84. The maximum atomic E-state index is 12.5.